The fourth-order valence-corrected chi connectivity index (χ4v) is 2.47. The van der Waals surface area contributed by atoms with Crippen LogP contribution in [-0.4, -0.2) is 30.0 Å². The molecule has 0 saturated carbocycles. The van der Waals surface area contributed by atoms with Gasteiger partial charge in [-0.2, -0.15) is 0 Å². The number of carboxylic acid groups (broad SMARTS) is 1. The zero-order valence-electron chi connectivity index (χ0n) is 13.7. The summed E-state index contributed by atoms with van der Waals surface area (Å²) in [5, 5.41) is 12.4. The molecule has 126 valence electrons. The molecule has 2 aromatic carbocycles. The Morgan fingerprint density at radius 3 is 2.25 bits per heavy atom. The van der Waals surface area contributed by atoms with Gasteiger partial charge in [0.2, 0.25) is 0 Å². The predicted octanol–water partition coefficient (Wildman–Crippen LogP) is 2.76. The van der Waals surface area contributed by atoms with E-state index in [0.29, 0.717) is 17.9 Å². The van der Waals surface area contributed by atoms with Crippen LogP contribution in [0.25, 0.3) is 0 Å². The van der Waals surface area contributed by atoms with Crippen LogP contribution in [-0.2, 0) is 11.3 Å². The van der Waals surface area contributed by atoms with Crippen molar-refractivity contribution in [3.63, 3.8) is 0 Å². The minimum atomic E-state index is -1.04. The molecule has 2 atom stereocenters. The van der Waals surface area contributed by atoms with Gasteiger partial charge in [0, 0.05) is 18.0 Å². The SMILES string of the molecule is COc1ccc(C(=O)[C@H](C)[C@H](NCc2ccccc2)C(=O)O)cc1. The van der Waals surface area contributed by atoms with Crippen LogP contribution in [0.1, 0.15) is 22.8 Å². The van der Waals surface area contributed by atoms with Crippen molar-refractivity contribution in [1.29, 1.82) is 0 Å². The number of methoxy groups -OCH3 is 1. The molecule has 2 N–H and O–H groups in total. The number of carboxylic acids is 1. The monoisotopic (exact) mass is 327 g/mol. The summed E-state index contributed by atoms with van der Waals surface area (Å²) in [6.07, 6.45) is 0. The van der Waals surface area contributed by atoms with Crippen molar-refractivity contribution in [2.24, 2.45) is 5.92 Å². The van der Waals surface area contributed by atoms with Gasteiger partial charge in [0.05, 0.1) is 7.11 Å². The van der Waals surface area contributed by atoms with Gasteiger partial charge in [-0.3, -0.25) is 14.9 Å². The first-order valence-corrected chi connectivity index (χ1v) is 7.71. The van der Waals surface area contributed by atoms with Gasteiger partial charge in [-0.15, -0.1) is 0 Å². The summed E-state index contributed by atoms with van der Waals surface area (Å²) in [5.74, 6) is -1.30. The second-order valence-electron chi connectivity index (χ2n) is 5.56. The van der Waals surface area contributed by atoms with Gasteiger partial charge in [-0.1, -0.05) is 37.3 Å². The Balaban J connectivity index is 2.08. The highest BCUT2D eigenvalue weighted by Crippen LogP contribution is 2.17. The minimum Gasteiger partial charge on any atom is -0.497 e. The van der Waals surface area contributed by atoms with Crippen molar-refractivity contribution in [1.82, 2.24) is 5.32 Å². The van der Waals surface area contributed by atoms with E-state index in [1.807, 2.05) is 30.3 Å². The Hall–Kier alpha value is -2.66. The molecule has 0 radical (unpaired) electrons. The summed E-state index contributed by atoms with van der Waals surface area (Å²) in [7, 11) is 1.55. The molecule has 0 aliphatic rings. The standard InChI is InChI=1S/C19H21NO4/c1-13(18(21)15-8-10-16(24-2)11-9-15)17(19(22)23)20-12-14-6-4-3-5-7-14/h3-11,13,17,20H,12H2,1-2H3,(H,22,23)/t13-,17+/m1/s1. The third-order valence-corrected chi connectivity index (χ3v) is 3.92. The molecule has 0 spiro atoms. The van der Waals surface area contributed by atoms with Crippen LogP contribution in [0.3, 0.4) is 0 Å². The summed E-state index contributed by atoms with van der Waals surface area (Å²) in [6.45, 7) is 2.02. The van der Waals surface area contributed by atoms with Crippen molar-refractivity contribution in [3.05, 3.63) is 65.7 Å². The number of carbonyl (C=O) groups excluding carboxylic acids is 1. The Morgan fingerprint density at radius 2 is 1.71 bits per heavy atom. The van der Waals surface area contributed by atoms with Crippen LogP contribution in [0.15, 0.2) is 54.6 Å². The summed E-state index contributed by atoms with van der Waals surface area (Å²) in [6, 6.07) is 15.2. The van der Waals surface area contributed by atoms with Crippen LogP contribution < -0.4 is 10.1 Å². The normalized spacial score (nSPS) is 13.1. The van der Waals surface area contributed by atoms with E-state index in [1.165, 1.54) is 0 Å². The number of ether oxygens (including phenoxy) is 1. The summed E-state index contributed by atoms with van der Waals surface area (Å²) < 4.78 is 5.06. The minimum absolute atomic E-state index is 0.217. The van der Waals surface area contributed by atoms with E-state index in [2.05, 4.69) is 5.32 Å². The molecule has 0 bridgehead atoms. The highest BCUT2D eigenvalue weighted by atomic mass is 16.5. The number of ketones is 1. The Morgan fingerprint density at radius 1 is 1.08 bits per heavy atom. The molecular weight excluding hydrogens is 306 g/mol. The molecule has 0 heterocycles. The van der Waals surface area contributed by atoms with Gasteiger partial charge < -0.3 is 9.84 Å². The Labute approximate surface area is 141 Å². The second-order valence-corrected chi connectivity index (χ2v) is 5.56. The van der Waals surface area contributed by atoms with Gasteiger partial charge >= 0.3 is 5.97 Å². The van der Waals surface area contributed by atoms with E-state index < -0.39 is 17.9 Å². The number of carbonyl (C=O) groups is 2. The Kier molecular flexibility index (Phi) is 6.09. The molecule has 5 nitrogen and oxygen atoms in total. The van der Waals surface area contributed by atoms with E-state index in [1.54, 1.807) is 38.3 Å². The molecule has 2 aromatic rings. The van der Waals surface area contributed by atoms with Gasteiger partial charge in [0.1, 0.15) is 11.8 Å². The lowest BCUT2D eigenvalue weighted by atomic mass is 9.92. The molecule has 0 aliphatic carbocycles. The van der Waals surface area contributed by atoms with E-state index in [4.69, 9.17) is 4.74 Å². The maximum absolute atomic E-state index is 12.6. The fraction of sp³-hybridized carbons (Fsp3) is 0.263. The lowest BCUT2D eigenvalue weighted by Crippen LogP contribution is -2.44. The van der Waals surface area contributed by atoms with Crippen molar-refractivity contribution >= 4 is 11.8 Å². The van der Waals surface area contributed by atoms with Crippen molar-refractivity contribution < 1.29 is 19.4 Å². The average molecular weight is 327 g/mol. The van der Waals surface area contributed by atoms with Crippen LogP contribution in [0.5, 0.6) is 5.75 Å². The fourth-order valence-electron chi connectivity index (χ4n) is 2.47. The molecule has 2 rings (SSSR count). The highest BCUT2D eigenvalue weighted by molar-refractivity contribution is 6.00. The zero-order valence-corrected chi connectivity index (χ0v) is 13.7. The van der Waals surface area contributed by atoms with Crippen LogP contribution in [0.2, 0.25) is 0 Å². The highest BCUT2D eigenvalue weighted by Gasteiger charge is 2.30. The molecular formula is C19H21NO4. The van der Waals surface area contributed by atoms with Gasteiger partial charge in [-0.05, 0) is 29.8 Å². The molecule has 0 saturated heterocycles. The summed E-state index contributed by atoms with van der Waals surface area (Å²) >= 11 is 0. The number of hydrogen-bond acceptors (Lipinski definition) is 4. The van der Waals surface area contributed by atoms with Crippen molar-refractivity contribution in [3.8, 4) is 5.75 Å². The number of nitrogens with one attached hydrogen (secondary N) is 1. The lowest BCUT2D eigenvalue weighted by Gasteiger charge is -2.21. The smallest absolute Gasteiger partial charge is 0.321 e. The van der Waals surface area contributed by atoms with Crippen LogP contribution >= 0.6 is 0 Å². The van der Waals surface area contributed by atoms with E-state index in [9.17, 15) is 14.7 Å². The first-order valence-electron chi connectivity index (χ1n) is 7.71. The van der Waals surface area contributed by atoms with Gasteiger partial charge in [0.25, 0.3) is 0 Å². The van der Waals surface area contributed by atoms with Gasteiger partial charge in [0.15, 0.2) is 5.78 Å². The molecule has 5 heteroatoms. The molecule has 24 heavy (non-hydrogen) atoms. The summed E-state index contributed by atoms with van der Waals surface area (Å²) in [5.41, 5.74) is 1.43. The maximum Gasteiger partial charge on any atom is 0.321 e. The average Bonchev–Trinajstić information content (AvgIpc) is 2.61. The molecule has 0 unspecified atom stereocenters. The second kappa shape index (κ2) is 8.26. The largest absolute Gasteiger partial charge is 0.497 e. The molecule has 0 amide bonds. The van der Waals surface area contributed by atoms with Crippen LogP contribution in [0.4, 0.5) is 0 Å². The number of hydrogen-bond donors (Lipinski definition) is 2. The van der Waals surface area contributed by atoms with E-state index in [0.717, 1.165) is 5.56 Å². The molecule has 0 aliphatic heterocycles. The summed E-state index contributed by atoms with van der Waals surface area (Å²) in [4.78, 5) is 24.1. The number of aliphatic carboxylic acids is 1. The van der Waals surface area contributed by atoms with E-state index in [-0.39, 0.29) is 5.78 Å². The maximum atomic E-state index is 12.6. The molecule has 0 aromatic heterocycles. The first kappa shape index (κ1) is 17.7. The van der Waals surface area contributed by atoms with Crippen molar-refractivity contribution in [2.45, 2.75) is 19.5 Å². The van der Waals surface area contributed by atoms with Gasteiger partial charge in [-0.25, -0.2) is 0 Å². The van der Waals surface area contributed by atoms with Crippen molar-refractivity contribution in [2.75, 3.05) is 7.11 Å². The predicted molar refractivity (Wildman–Crippen MR) is 91.2 cm³/mol. The third-order valence-electron chi connectivity index (χ3n) is 3.92. The number of Topliss-reactive ketones (excluding diaryl/α,β-unsaturated/α-hetero) is 1. The lowest BCUT2D eigenvalue weighted by molar-refractivity contribution is -0.140. The van der Waals surface area contributed by atoms with E-state index >= 15 is 0 Å². The number of benzene rings is 2. The Bertz CT molecular complexity index is 682. The zero-order chi connectivity index (χ0) is 17.5. The first-order chi connectivity index (χ1) is 11.5. The van der Waals surface area contributed by atoms with Crippen LogP contribution in [0, 0.1) is 5.92 Å². The third kappa shape index (κ3) is 4.43. The topological polar surface area (TPSA) is 75.6 Å². The molecule has 0 fully saturated rings. The quantitative estimate of drug-likeness (QED) is 0.729. The number of rotatable bonds is 8.